The van der Waals surface area contributed by atoms with E-state index in [2.05, 4.69) is 5.32 Å². The normalized spacial score (nSPS) is 11.4. The molecule has 1 amide bonds. The third-order valence-electron chi connectivity index (χ3n) is 3.67. The van der Waals surface area contributed by atoms with Crippen LogP contribution in [-0.2, 0) is 29.3 Å². The Hall–Kier alpha value is -1.88. The number of benzene rings is 2. The number of carbonyl (C=O) groups excluding carboxylic acids is 1. The lowest BCUT2D eigenvalue weighted by Crippen LogP contribution is -2.32. The lowest BCUT2D eigenvalue weighted by atomic mass is 10.1. The molecule has 0 saturated carbocycles. The summed E-state index contributed by atoms with van der Waals surface area (Å²) in [5.41, 5.74) is 8.82. The van der Waals surface area contributed by atoms with Crippen molar-refractivity contribution in [1.29, 1.82) is 0 Å². The smallest absolute Gasteiger partial charge is 0.224 e. The van der Waals surface area contributed by atoms with Crippen molar-refractivity contribution in [3.8, 4) is 0 Å². The second-order valence-corrected chi connectivity index (χ2v) is 5.65. The highest BCUT2D eigenvalue weighted by Crippen LogP contribution is 2.08. The van der Waals surface area contributed by atoms with Crippen molar-refractivity contribution in [2.24, 2.45) is 11.7 Å². The Bertz CT molecular complexity index is 603. The van der Waals surface area contributed by atoms with Gasteiger partial charge in [0.25, 0.3) is 0 Å². The van der Waals surface area contributed by atoms with E-state index < -0.39 is 0 Å². The Morgan fingerprint density at radius 1 is 1.00 bits per heavy atom. The summed E-state index contributed by atoms with van der Waals surface area (Å²) >= 11 is 0. The molecule has 1 unspecified atom stereocenters. The van der Waals surface area contributed by atoms with E-state index in [1.807, 2.05) is 61.5 Å². The minimum Gasteiger partial charge on any atom is -0.372 e. The molecule has 0 heterocycles. The Morgan fingerprint density at radius 2 is 1.54 bits per heavy atom. The number of rotatable bonds is 8. The first-order valence-electron chi connectivity index (χ1n) is 7.86. The van der Waals surface area contributed by atoms with E-state index in [0.717, 1.165) is 11.1 Å². The molecule has 4 nitrogen and oxygen atoms in total. The van der Waals surface area contributed by atoms with Crippen LogP contribution in [0, 0.1) is 5.92 Å². The van der Waals surface area contributed by atoms with Crippen molar-refractivity contribution in [2.45, 2.75) is 26.7 Å². The number of hydrogen-bond acceptors (Lipinski definition) is 3. The summed E-state index contributed by atoms with van der Waals surface area (Å²) in [6.45, 7) is 3.89. The van der Waals surface area contributed by atoms with Crippen LogP contribution < -0.4 is 11.1 Å². The van der Waals surface area contributed by atoms with Crippen LogP contribution in [0.15, 0.2) is 54.6 Å². The van der Waals surface area contributed by atoms with Gasteiger partial charge in [0, 0.05) is 19.0 Å². The Morgan fingerprint density at radius 3 is 2.12 bits per heavy atom. The van der Waals surface area contributed by atoms with Crippen molar-refractivity contribution in [2.75, 3.05) is 6.54 Å². The first-order valence-corrected chi connectivity index (χ1v) is 7.86. The molecule has 0 spiro atoms. The molecular formula is C19H25ClN2O2. The topological polar surface area (TPSA) is 64.4 Å². The average Bonchev–Trinajstić information content (AvgIpc) is 2.61. The maximum absolute atomic E-state index is 11.7. The predicted octanol–water partition coefficient (Wildman–Crippen LogP) is 3.04. The minimum atomic E-state index is -0.152. The van der Waals surface area contributed by atoms with Gasteiger partial charge in [-0.1, -0.05) is 61.5 Å². The van der Waals surface area contributed by atoms with Crippen LogP contribution in [0.5, 0.6) is 0 Å². The molecule has 1 atom stereocenters. The van der Waals surface area contributed by atoms with Crippen molar-refractivity contribution in [3.05, 3.63) is 71.3 Å². The van der Waals surface area contributed by atoms with Gasteiger partial charge in [-0.3, -0.25) is 4.79 Å². The van der Waals surface area contributed by atoms with Crippen molar-refractivity contribution in [1.82, 2.24) is 5.32 Å². The monoisotopic (exact) mass is 348 g/mol. The molecule has 2 aromatic carbocycles. The Kier molecular flexibility index (Phi) is 9.08. The molecule has 5 heteroatoms. The number of carbonyl (C=O) groups is 1. The van der Waals surface area contributed by atoms with E-state index in [0.29, 0.717) is 26.3 Å². The molecule has 0 aliphatic rings. The van der Waals surface area contributed by atoms with E-state index in [1.54, 1.807) is 0 Å². The SMILES string of the molecule is CC(CN)C(=O)NCc1ccc(COCc2ccccc2)cc1.Cl. The van der Waals surface area contributed by atoms with Gasteiger partial charge in [-0.2, -0.15) is 0 Å². The standard InChI is InChI=1S/C19H24N2O2.ClH/c1-15(11-20)19(22)21-12-16-7-9-18(10-8-16)14-23-13-17-5-3-2-4-6-17;/h2-10,15H,11-14,20H2,1H3,(H,21,22);1H. The van der Waals surface area contributed by atoms with Crippen LogP contribution in [0.2, 0.25) is 0 Å². The van der Waals surface area contributed by atoms with Crippen LogP contribution in [0.3, 0.4) is 0 Å². The van der Waals surface area contributed by atoms with Crippen LogP contribution >= 0.6 is 12.4 Å². The number of ether oxygens (including phenoxy) is 1. The van der Waals surface area contributed by atoms with E-state index in [-0.39, 0.29) is 24.2 Å². The third kappa shape index (κ3) is 6.71. The summed E-state index contributed by atoms with van der Waals surface area (Å²) in [6.07, 6.45) is 0. The highest BCUT2D eigenvalue weighted by Gasteiger charge is 2.09. The van der Waals surface area contributed by atoms with Gasteiger partial charge >= 0.3 is 0 Å². The van der Waals surface area contributed by atoms with Gasteiger partial charge in [-0.05, 0) is 16.7 Å². The fraction of sp³-hybridized carbons (Fsp3) is 0.316. The minimum absolute atomic E-state index is 0. The van der Waals surface area contributed by atoms with Gasteiger partial charge in [0.2, 0.25) is 5.91 Å². The molecule has 0 fully saturated rings. The predicted molar refractivity (Wildman–Crippen MR) is 98.7 cm³/mol. The Labute approximate surface area is 149 Å². The van der Waals surface area contributed by atoms with E-state index in [4.69, 9.17) is 10.5 Å². The zero-order valence-corrected chi connectivity index (χ0v) is 14.7. The zero-order chi connectivity index (χ0) is 16.5. The number of nitrogens with one attached hydrogen (secondary N) is 1. The van der Waals surface area contributed by atoms with Gasteiger partial charge in [0.1, 0.15) is 0 Å². The molecule has 0 radical (unpaired) electrons. The lowest BCUT2D eigenvalue weighted by Gasteiger charge is -2.10. The molecular weight excluding hydrogens is 324 g/mol. The highest BCUT2D eigenvalue weighted by atomic mass is 35.5. The molecule has 130 valence electrons. The van der Waals surface area contributed by atoms with Gasteiger partial charge in [0.05, 0.1) is 13.2 Å². The average molecular weight is 349 g/mol. The summed E-state index contributed by atoms with van der Waals surface area (Å²) in [5, 5.41) is 2.88. The van der Waals surface area contributed by atoms with Crippen molar-refractivity contribution >= 4 is 18.3 Å². The van der Waals surface area contributed by atoms with Gasteiger partial charge in [0.15, 0.2) is 0 Å². The molecule has 0 saturated heterocycles. The van der Waals surface area contributed by atoms with Crippen LogP contribution in [0.1, 0.15) is 23.6 Å². The fourth-order valence-electron chi connectivity index (χ4n) is 2.08. The van der Waals surface area contributed by atoms with Crippen molar-refractivity contribution < 1.29 is 9.53 Å². The first kappa shape index (κ1) is 20.2. The maximum atomic E-state index is 11.7. The van der Waals surface area contributed by atoms with E-state index >= 15 is 0 Å². The maximum Gasteiger partial charge on any atom is 0.224 e. The summed E-state index contributed by atoms with van der Waals surface area (Å²) in [5.74, 6) is -0.163. The molecule has 24 heavy (non-hydrogen) atoms. The molecule has 2 rings (SSSR count). The number of halogens is 1. The number of hydrogen-bond donors (Lipinski definition) is 2. The second-order valence-electron chi connectivity index (χ2n) is 5.65. The fourth-order valence-corrected chi connectivity index (χ4v) is 2.08. The summed E-state index contributed by atoms with van der Waals surface area (Å²) in [7, 11) is 0. The van der Waals surface area contributed by atoms with Gasteiger partial charge in [-0.25, -0.2) is 0 Å². The highest BCUT2D eigenvalue weighted by molar-refractivity contribution is 5.85. The zero-order valence-electron chi connectivity index (χ0n) is 13.9. The Balaban J connectivity index is 0.00000288. The molecule has 3 N–H and O–H groups in total. The quantitative estimate of drug-likeness (QED) is 0.770. The number of amides is 1. The summed E-state index contributed by atoms with van der Waals surface area (Å²) in [6, 6.07) is 18.2. The van der Waals surface area contributed by atoms with E-state index in [1.165, 1.54) is 5.56 Å². The second kappa shape index (κ2) is 10.8. The summed E-state index contributed by atoms with van der Waals surface area (Å²) in [4.78, 5) is 11.7. The number of nitrogens with two attached hydrogens (primary N) is 1. The molecule has 0 bridgehead atoms. The van der Waals surface area contributed by atoms with E-state index in [9.17, 15) is 4.79 Å². The van der Waals surface area contributed by atoms with Crippen LogP contribution in [0.4, 0.5) is 0 Å². The molecule has 0 aliphatic carbocycles. The van der Waals surface area contributed by atoms with Gasteiger partial charge in [-0.15, -0.1) is 12.4 Å². The summed E-state index contributed by atoms with van der Waals surface area (Å²) < 4.78 is 5.71. The molecule has 0 aromatic heterocycles. The molecule has 0 aliphatic heterocycles. The third-order valence-corrected chi connectivity index (χ3v) is 3.67. The first-order chi connectivity index (χ1) is 11.2. The van der Waals surface area contributed by atoms with Crippen LogP contribution in [0.25, 0.3) is 0 Å². The van der Waals surface area contributed by atoms with Crippen LogP contribution in [-0.4, -0.2) is 12.5 Å². The van der Waals surface area contributed by atoms with Crippen molar-refractivity contribution in [3.63, 3.8) is 0 Å². The lowest BCUT2D eigenvalue weighted by molar-refractivity contribution is -0.124. The molecule has 2 aromatic rings. The largest absolute Gasteiger partial charge is 0.372 e. The van der Waals surface area contributed by atoms with Gasteiger partial charge < -0.3 is 15.8 Å².